The molecule has 0 saturated carbocycles. The van der Waals surface area contributed by atoms with Crippen molar-refractivity contribution in [3.63, 3.8) is 0 Å². The number of hydrogen-bond acceptors (Lipinski definition) is 3. The molecule has 0 radical (unpaired) electrons. The number of hydrogen-bond donors (Lipinski definition) is 0. The highest BCUT2D eigenvalue weighted by Crippen LogP contribution is 2.16. The molecule has 5 nitrogen and oxygen atoms in total. The van der Waals surface area contributed by atoms with Crippen LogP contribution in [0.4, 0.5) is 0 Å². The van der Waals surface area contributed by atoms with Crippen molar-refractivity contribution in [2.75, 3.05) is 5.88 Å². The molecule has 0 atom stereocenters. The maximum Gasteiger partial charge on any atom is 0.168 e. The Labute approximate surface area is 103 Å². The third-order valence-electron chi connectivity index (χ3n) is 2.56. The van der Waals surface area contributed by atoms with Gasteiger partial charge in [-0.05, 0) is 12.1 Å². The number of alkyl halides is 1. The first-order valence-electron chi connectivity index (χ1n) is 5.25. The van der Waals surface area contributed by atoms with Gasteiger partial charge in [-0.15, -0.1) is 11.6 Å². The van der Waals surface area contributed by atoms with Gasteiger partial charge in [-0.1, -0.05) is 0 Å². The molecule has 3 aromatic heterocycles. The lowest BCUT2D eigenvalue weighted by Gasteiger charge is -2.03. The lowest BCUT2D eigenvalue weighted by Crippen LogP contribution is -2.01. The van der Waals surface area contributed by atoms with Gasteiger partial charge < -0.3 is 9.13 Å². The van der Waals surface area contributed by atoms with Gasteiger partial charge in [-0.3, -0.25) is 0 Å². The minimum absolute atomic E-state index is 0.536. The third kappa shape index (κ3) is 1.68. The van der Waals surface area contributed by atoms with Crippen LogP contribution in [0.2, 0.25) is 0 Å². The van der Waals surface area contributed by atoms with Gasteiger partial charge in [0.2, 0.25) is 0 Å². The van der Waals surface area contributed by atoms with E-state index in [9.17, 15) is 0 Å². The zero-order valence-electron chi connectivity index (χ0n) is 8.99. The second-order valence-electron chi connectivity index (χ2n) is 3.59. The fourth-order valence-electron chi connectivity index (χ4n) is 1.79. The van der Waals surface area contributed by atoms with Gasteiger partial charge in [-0.25, -0.2) is 15.0 Å². The topological polar surface area (TPSA) is 48.5 Å². The van der Waals surface area contributed by atoms with Crippen molar-refractivity contribution >= 4 is 22.8 Å². The zero-order chi connectivity index (χ0) is 11.7. The van der Waals surface area contributed by atoms with Crippen LogP contribution in [-0.4, -0.2) is 30.0 Å². The van der Waals surface area contributed by atoms with Crippen molar-refractivity contribution in [1.29, 1.82) is 0 Å². The average molecular weight is 248 g/mol. The SMILES string of the molecule is ClCCn1cnc2c(-n3cccc3)ncnc21. The minimum atomic E-state index is 0.536. The molecule has 0 N–H and O–H groups in total. The Morgan fingerprint density at radius 3 is 2.71 bits per heavy atom. The van der Waals surface area contributed by atoms with Crippen molar-refractivity contribution < 1.29 is 0 Å². The van der Waals surface area contributed by atoms with E-state index in [-0.39, 0.29) is 0 Å². The van der Waals surface area contributed by atoms with Crippen LogP contribution < -0.4 is 0 Å². The molecule has 0 unspecified atom stereocenters. The standard InChI is InChI=1S/C11H10ClN5/c12-3-6-17-8-15-9-10(13-7-14-11(9)17)16-4-1-2-5-16/h1-2,4-5,7-8H,3,6H2. The molecule has 0 aromatic carbocycles. The van der Waals surface area contributed by atoms with Crippen LogP contribution in [0.3, 0.4) is 0 Å². The van der Waals surface area contributed by atoms with E-state index in [1.54, 1.807) is 12.7 Å². The summed E-state index contributed by atoms with van der Waals surface area (Å²) in [4.78, 5) is 12.9. The van der Waals surface area contributed by atoms with Crippen LogP contribution in [0.15, 0.2) is 37.2 Å². The van der Waals surface area contributed by atoms with Gasteiger partial charge in [0.05, 0.1) is 6.33 Å². The number of nitrogens with zero attached hydrogens (tertiary/aromatic N) is 5. The highest BCUT2D eigenvalue weighted by molar-refractivity contribution is 6.17. The monoisotopic (exact) mass is 247 g/mol. The van der Waals surface area contributed by atoms with Crippen LogP contribution in [0.1, 0.15) is 0 Å². The van der Waals surface area contributed by atoms with Crippen LogP contribution in [0, 0.1) is 0 Å². The highest BCUT2D eigenvalue weighted by Gasteiger charge is 2.10. The van der Waals surface area contributed by atoms with Gasteiger partial charge in [0, 0.05) is 24.8 Å². The van der Waals surface area contributed by atoms with Gasteiger partial charge in [-0.2, -0.15) is 0 Å². The normalized spacial score (nSPS) is 11.1. The van der Waals surface area contributed by atoms with Crippen LogP contribution in [-0.2, 0) is 6.54 Å². The van der Waals surface area contributed by atoms with Crippen LogP contribution >= 0.6 is 11.6 Å². The smallest absolute Gasteiger partial charge is 0.168 e. The predicted octanol–water partition coefficient (Wildman–Crippen LogP) is 1.86. The fourth-order valence-corrected chi connectivity index (χ4v) is 1.97. The number of rotatable bonds is 3. The summed E-state index contributed by atoms with van der Waals surface area (Å²) in [5.41, 5.74) is 1.60. The Morgan fingerprint density at radius 2 is 1.94 bits per heavy atom. The van der Waals surface area contributed by atoms with E-state index < -0.39 is 0 Å². The molecule has 0 fully saturated rings. The highest BCUT2D eigenvalue weighted by atomic mass is 35.5. The van der Waals surface area contributed by atoms with E-state index in [2.05, 4.69) is 15.0 Å². The maximum atomic E-state index is 5.74. The Morgan fingerprint density at radius 1 is 1.12 bits per heavy atom. The van der Waals surface area contributed by atoms with Crippen LogP contribution in [0.5, 0.6) is 0 Å². The molecule has 0 aliphatic rings. The summed E-state index contributed by atoms with van der Waals surface area (Å²) < 4.78 is 3.85. The lowest BCUT2D eigenvalue weighted by molar-refractivity contribution is 0.782. The van der Waals surface area contributed by atoms with Gasteiger partial charge in [0.25, 0.3) is 0 Å². The van der Waals surface area contributed by atoms with Crippen molar-refractivity contribution in [3.05, 3.63) is 37.2 Å². The number of imidazole rings is 1. The quantitative estimate of drug-likeness (QED) is 0.664. The summed E-state index contributed by atoms with van der Waals surface area (Å²) >= 11 is 5.74. The Bertz CT molecular complexity index is 628. The zero-order valence-corrected chi connectivity index (χ0v) is 9.75. The van der Waals surface area contributed by atoms with Crippen molar-refractivity contribution in [2.45, 2.75) is 6.54 Å². The number of aromatic nitrogens is 5. The molecule has 0 saturated heterocycles. The van der Waals surface area contributed by atoms with Gasteiger partial charge in [0.15, 0.2) is 17.0 Å². The fraction of sp³-hybridized carbons (Fsp3) is 0.182. The summed E-state index contributed by atoms with van der Waals surface area (Å²) in [7, 11) is 0. The maximum absolute atomic E-state index is 5.74. The summed E-state index contributed by atoms with van der Waals surface area (Å²) in [5, 5.41) is 0. The van der Waals surface area contributed by atoms with E-state index in [1.165, 1.54) is 0 Å². The van der Waals surface area contributed by atoms with Crippen molar-refractivity contribution in [3.8, 4) is 5.82 Å². The van der Waals surface area contributed by atoms with E-state index in [0.717, 1.165) is 17.0 Å². The molecule has 3 rings (SSSR count). The Balaban J connectivity index is 2.21. The molecule has 0 aliphatic heterocycles. The molecule has 3 aromatic rings. The predicted molar refractivity (Wildman–Crippen MR) is 65.4 cm³/mol. The Hall–Kier alpha value is -1.88. The molecular weight excluding hydrogens is 238 g/mol. The Kier molecular flexibility index (Phi) is 2.53. The second kappa shape index (κ2) is 4.18. The van der Waals surface area contributed by atoms with E-state index in [0.29, 0.717) is 12.4 Å². The molecule has 17 heavy (non-hydrogen) atoms. The molecule has 3 heterocycles. The van der Waals surface area contributed by atoms with Crippen LogP contribution in [0.25, 0.3) is 17.0 Å². The molecule has 0 amide bonds. The summed E-state index contributed by atoms with van der Waals surface area (Å²) in [6, 6.07) is 3.90. The summed E-state index contributed by atoms with van der Waals surface area (Å²) in [5.74, 6) is 1.32. The number of fused-ring (bicyclic) bond motifs is 1. The number of aryl methyl sites for hydroxylation is 1. The van der Waals surface area contributed by atoms with Gasteiger partial charge >= 0.3 is 0 Å². The first-order valence-corrected chi connectivity index (χ1v) is 5.79. The van der Waals surface area contributed by atoms with E-state index in [4.69, 9.17) is 11.6 Å². The molecule has 6 heteroatoms. The largest absolute Gasteiger partial charge is 0.314 e. The summed E-state index contributed by atoms with van der Waals surface area (Å²) in [6.07, 6.45) is 7.16. The molecule has 86 valence electrons. The average Bonchev–Trinajstić information content (AvgIpc) is 2.98. The minimum Gasteiger partial charge on any atom is -0.314 e. The first-order chi connectivity index (χ1) is 8.40. The van der Waals surface area contributed by atoms with E-state index in [1.807, 2.05) is 33.7 Å². The molecule has 0 aliphatic carbocycles. The van der Waals surface area contributed by atoms with Gasteiger partial charge in [0.1, 0.15) is 6.33 Å². The van der Waals surface area contributed by atoms with Crippen molar-refractivity contribution in [2.24, 2.45) is 0 Å². The first kappa shape index (κ1) is 10.3. The number of halogens is 1. The lowest BCUT2D eigenvalue weighted by atomic mass is 10.5. The second-order valence-corrected chi connectivity index (χ2v) is 3.96. The summed E-state index contributed by atoms with van der Waals surface area (Å²) in [6.45, 7) is 0.695. The third-order valence-corrected chi connectivity index (χ3v) is 2.73. The van der Waals surface area contributed by atoms with Crippen molar-refractivity contribution in [1.82, 2.24) is 24.1 Å². The van der Waals surface area contributed by atoms with E-state index >= 15 is 0 Å². The molecule has 0 spiro atoms. The molecule has 0 bridgehead atoms. The molecular formula is C11H10ClN5.